The summed E-state index contributed by atoms with van der Waals surface area (Å²) in [7, 11) is 0. The molecular formula is C41H32N2. The van der Waals surface area contributed by atoms with E-state index in [1.54, 1.807) is 6.20 Å². The Morgan fingerprint density at radius 3 is 2.12 bits per heavy atom. The summed E-state index contributed by atoms with van der Waals surface area (Å²) in [5.74, 6) is 0. The van der Waals surface area contributed by atoms with Crippen LogP contribution < -0.4 is 5.73 Å². The van der Waals surface area contributed by atoms with Crippen molar-refractivity contribution >= 4 is 54.5 Å². The number of benzene rings is 6. The zero-order chi connectivity index (χ0) is 29.5. The minimum Gasteiger partial charge on any atom is -0.404 e. The van der Waals surface area contributed by atoms with Crippen molar-refractivity contribution in [2.24, 2.45) is 5.73 Å². The average Bonchev–Trinajstić information content (AvgIpc) is 3.40. The molecule has 6 aromatic carbocycles. The summed E-state index contributed by atoms with van der Waals surface area (Å²) in [6, 6.07) is 41.7. The van der Waals surface area contributed by atoms with Gasteiger partial charge in [0.05, 0.1) is 11.0 Å². The van der Waals surface area contributed by atoms with Gasteiger partial charge in [-0.2, -0.15) is 0 Å². The molecule has 206 valence electrons. The lowest BCUT2D eigenvalue weighted by atomic mass is 9.92. The number of hydrogen-bond acceptors (Lipinski definition) is 1. The largest absolute Gasteiger partial charge is 0.404 e. The van der Waals surface area contributed by atoms with Crippen molar-refractivity contribution in [2.45, 2.75) is 6.92 Å². The molecular weight excluding hydrogens is 520 g/mol. The van der Waals surface area contributed by atoms with E-state index in [2.05, 4.69) is 146 Å². The fraction of sp³-hybridized carbons (Fsp3) is 0.0244. The van der Waals surface area contributed by atoms with Crippen LogP contribution in [0.15, 0.2) is 153 Å². The van der Waals surface area contributed by atoms with Gasteiger partial charge in [0.2, 0.25) is 0 Å². The van der Waals surface area contributed by atoms with Crippen molar-refractivity contribution in [1.82, 2.24) is 4.57 Å². The van der Waals surface area contributed by atoms with Gasteiger partial charge in [-0.05, 0) is 80.7 Å². The molecule has 0 saturated carbocycles. The molecule has 0 aliphatic carbocycles. The third kappa shape index (κ3) is 4.19. The molecule has 0 radical (unpaired) electrons. The average molecular weight is 553 g/mol. The van der Waals surface area contributed by atoms with E-state index in [4.69, 9.17) is 5.73 Å². The van der Waals surface area contributed by atoms with Crippen molar-refractivity contribution in [3.05, 3.63) is 164 Å². The number of fused-ring (bicyclic) bond motifs is 6. The van der Waals surface area contributed by atoms with E-state index in [1.165, 1.54) is 54.7 Å². The van der Waals surface area contributed by atoms with Crippen LogP contribution in [0.25, 0.3) is 71.3 Å². The lowest BCUT2D eigenvalue weighted by Crippen LogP contribution is -1.95. The zero-order valence-electron chi connectivity index (χ0n) is 24.2. The summed E-state index contributed by atoms with van der Waals surface area (Å²) >= 11 is 0. The van der Waals surface area contributed by atoms with Crippen LogP contribution in [0.3, 0.4) is 0 Å². The van der Waals surface area contributed by atoms with Crippen LogP contribution in [0, 0.1) is 0 Å². The highest BCUT2D eigenvalue weighted by Gasteiger charge is 2.17. The fourth-order valence-electron chi connectivity index (χ4n) is 6.50. The molecule has 0 spiro atoms. The molecule has 0 saturated heterocycles. The highest BCUT2D eigenvalue weighted by Crippen LogP contribution is 2.40. The summed E-state index contributed by atoms with van der Waals surface area (Å²) < 4.78 is 2.42. The standard InChI is InChI=1S/C41H32N2/c1-4-27(5-2)29-16-19-35-30(24-29)18-21-39-38-20-17-31(25-40(38)43(41(35)39)32-12-8-7-9-13-32)34-23-22-33(28(6-3)26-42)36-14-10-11-15-37(34)36/h4-26H,1,3,42H2,2H3/b27-5+,28-26+. The quantitative estimate of drug-likeness (QED) is 0.204. The maximum Gasteiger partial charge on any atom is 0.0619 e. The molecule has 0 fully saturated rings. The van der Waals surface area contributed by atoms with E-state index in [9.17, 15) is 0 Å². The molecule has 0 aliphatic rings. The van der Waals surface area contributed by atoms with Crippen molar-refractivity contribution in [3.63, 3.8) is 0 Å². The van der Waals surface area contributed by atoms with Gasteiger partial charge >= 0.3 is 0 Å². The van der Waals surface area contributed by atoms with E-state index in [-0.39, 0.29) is 0 Å². The van der Waals surface area contributed by atoms with Gasteiger partial charge in [0.1, 0.15) is 0 Å². The first kappa shape index (κ1) is 26.3. The molecule has 2 heteroatoms. The Balaban J connectivity index is 1.54. The zero-order valence-corrected chi connectivity index (χ0v) is 24.2. The van der Waals surface area contributed by atoms with Crippen LogP contribution in [0.1, 0.15) is 18.1 Å². The SMILES string of the molecule is C=C/C(=C\C)c1ccc2c(ccc3c4ccc(-c5ccc(/C(C=C)=C/N)c6ccccc56)cc4n(-c4ccccc4)c23)c1. The first-order valence-electron chi connectivity index (χ1n) is 14.6. The fourth-order valence-corrected chi connectivity index (χ4v) is 6.50. The number of para-hydroxylation sites is 1. The molecule has 0 unspecified atom stereocenters. The number of rotatable bonds is 6. The molecule has 0 aliphatic heterocycles. The van der Waals surface area contributed by atoms with Crippen LogP contribution in [0.2, 0.25) is 0 Å². The Bertz CT molecular complexity index is 2280. The van der Waals surface area contributed by atoms with Gasteiger partial charge < -0.3 is 10.3 Å². The van der Waals surface area contributed by atoms with Gasteiger partial charge in [-0.1, -0.05) is 122 Å². The van der Waals surface area contributed by atoms with Crippen LogP contribution in [-0.4, -0.2) is 4.57 Å². The summed E-state index contributed by atoms with van der Waals surface area (Å²) in [5, 5.41) is 7.24. The Kier molecular flexibility index (Phi) is 6.52. The van der Waals surface area contributed by atoms with Gasteiger partial charge in [-0.25, -0.2) is 0 Å². The molecule has 0 amide bonds. The first-order valence-corrected chi connectivity index (χ1v) is 14.6. The normalized spacial score (nSPS) is 12.4. The Hall–Kier alpha value is -5.60. The van der Waals surface area contributed by atoms with E-state index in [0.29, 0.717) is 0 Å². The second-order valence-electron chi connectivity index (χ2n) is 10.8. The second kappa shape index (κ2) is 10.7. The molecule has 0 bridgehead atoms. The summed E-state index contributed by atoms with van der Waals surface area (Å²) in [6.07, 6.45) is 7.47. The highest BCUT2D eigenvalue weighted by molar-refractivity contribution is 6.19. The number of nitrogens with two attached hydrogens (primary N) is 1. The Morgan fingerprint density at radius 2 is 1.37 bits per heavy atom. The van der Waals surface area contributed by atoms with Crippen molar-refractivity contribution < 1.29 is 0 Å². The van der Waals surface area contributed by atoms with E-state index in [0.717, 1.165) is 27.8 Å². The molecule has 2 N–H and O–H groups in total. The molecule has 43 heavy (non-hydrogen) atoms. The van der Waals surface area contributed by atoms with Crippen LogP contribution in [0.5, 0.6) is 0 Å². The van der Waals surface area contributed by atoms with Gasteiger partial charge in [0.15, 0.2) is 0 Å². The maximum atomic E-state index is 5.96. The Labute approximate surface area is 252 Å². The van der Waals surface area contributed by atoms with Crippen LogP contribution in [-0.2, 0) is 0 Å². The third-order valence-corrected chi connectivity index (χ3v) is 8.57. The molecule has 7 aromatic rings. The molecule has 1 heterocycles. The van der Waals surface area contributed by atoms with Gasteiger partial charge in [-0.3, -0.25) is 0 Å². The topological polar surface area (TPSA) is 30.9 Å². The predicted octanol–water partition coefficient (Wildman–Crippen LogP) is 10.8. The lowest BCUT2D eigenvalue weighted by molar-refractivity contribution is 1.19. The number of nitrogens with zero attached hydrogens (tertiary/aromatic N) is 1. The maximum absolute atomic E-state index is 5.96. The minimum absolute atomic E-state index is 0.923. The van der Waals surface area contributed by atoms with Crippen molar-refractivity contribution in [2.75, 3.05) is 0 Å². The summed E-state index contributed by atoms with van der Waals surface area (Å²) in [6.45, 7) is 10.0. The van der Waals surface area contributed by atoms with Crippen LogP contribution in [0.4, 0.5) is 0 Å². The van der Waals surface area contributed by atoms with Gasteiger partial charge in [0.25, 0.3) is 0 Å². The van der Waals surface area contributed by atoms with Gasteiger partial charge in [-0.15, -0.1) is 0 Å². The number of allylic oxidation sites excluding steroid dienone is 5. The summed E-state index contributed by atoms with van der Waals surface area (Å²) in [5.41, 5.74) is 16.2. The number of aromatic nitrogens is 1. The predicted molar refractivity (Wildman–Crippen MR) is 187 cm³/mol. The molecule has 2 nitrogen and oxygen atoms in total. The number of hydrogen-bond donors (Lipinski definition) is 1. The molecule has 0 atom stereocenters. The molecule has 7 rings (SSSR count). The minimum atomic E-state index is 0.923. The van der Waals surface area contributed by atoms with Gasteiger partial charge in [0, 0.05) is 28.0 Å². The van der Waals surface area contributed by atoms with E-state index < -0.39 is 0 Å². The van der Waals surface area contributed by atoms with Crippen molar-refractivity contribution in [3.8, 4) is 16.8 Å². The third-order valence-electron chi connectivity index (χ3n) is 8.57. The summed E-state index contributed by atoms with van der Waals surface area (Å²) in [4.78, 5) is 0. The smallest absolute Gasteiger partial charge is 0.0619 e. The highest BCUT2D eigenvalue weighted by atomic mass is 15.0. The van der Waals surface area contributed by atoms with Crippen LogP contribution >= 0.6 is 0 Å². The monoisotopic (exact) mass is 552 g/mol. The lowest BCUT2D eigenvalue weighted by Gasteiger charge is -2.14. The second-order valence-corrected chi connectivity index (χ2v) is 10.8. The van der Waals surface area contributed by atoms with Crippen molar-refractivity contribution in [1.29, 1.82) is 0 Å². The Morgan fingerprint density at radius 1 is 0.651 bits per heavy atom. The first-order chi connectivity index (χ1) is 21.2. The van der Waals surface area contributed by atoms with E-state index >= 15 is 0 Å². The molecule has 1 aromatic heterocycles. The van der Waals surface area contributed by atoms with E-state index in [1.807, 2.05) is 12.2 Å².